The van der Waals surface area contributed by atoms with Crippen LogP contribution in [0.3, 0.4) is 0 Å². The third-order valence-corrected chi connectivity index (χ3v) is 7.59. The zero-order valence-corrected chi connectivity index (χ0v) is 24.2. The molecule has 2 atom stereocenters. The minimum Gasteiger partial charge on any atom is -0.494 e. The van der Waals surface area contributed by atoms with E-state index >= 15 is 0 Å². The van der Waals surface area contributed by atoms with E-state index in [1.54, 1.807) is 49.4 Å². The number of hydrogen-bond donors (Lipinski definition) is 1. The Bertz CT molecular complexity index is 1180. The maximum Gasteiger partial charge on any atom is 0.244 e. The predicted octanol–water partition coefficient (Wildman–Crippen LogP) is 4.88. The molecule has 0 aliphatic rings. The number of amides is 2. The number of sulfonamides is 1. The van der Waals surface area contributed by atoms with Gasteiger partial charge in [-0.05, 0) is 68.7 Å². The van der Waals surface area contributed by atoms with Gasteiger partial charge in [-0.15, -0.1) is 0 Å². The van der Waals surface area contributed by atoms with Gasteiger partial charge in [0.2, 0.25) is 21.8 Å². The summed E-state index contributed by atoms with van der Waals surface area (Å²) < 4.78 is 31.9. The Morgan fingerprint density at radius 3 is 2.19 bits per heavy atom. The lowest BCUT2D eigenvalue weighted by Crippen LogP contribution is -2.53. The first-order valence-electron chi connectivity index (χ1n) is 12.2. The van der Waals surface area contributed by atoms with Crippen molar-refractivity contribution in [3.05, 3.63) is 58.1 Å². The average molecular weight is 573 g/mol. The molecule has 2 rings (SSSR count). The van der Waals surface area contributed by atoms with Crippen LogP contribution in [-0.4, -0.2) is 56.6 Å². The third kappa shape index (κ3) is 8.79. The smallest absolute Gasteiger partial charge is 0.244 e. The molecule has 0 aromatic heterocycles. The van der Waals surface area contributed by atoms with E-state index in [0.29, 0.717) is 40.1 Å². The Labute approximate surface area is 229 Å². The molecule has 0 aliphatic carbocycles. The van der Waals surface area contributed by atoms with Gasteiger partial charge in [-0.3, -0.25) is 13.9 Å². The summed E-state index contributed by atoms with van der Waals surface area (Å²) >= 11 is 12.4. The second kappa shape index (κ2) is 13.9. The Morgan fingerprint density at radius 1 is 1.03 bits per heavy atom. The molecule has 37 heavy (non-hydrogen) atoms. The van der Waals surface area contributed by atoms with Crippen LogP contribution in [0.25, 0.3) is 0 Å². The highest BCUT2D eigenvalue weighted by Gasteiger charge is 2.32. The summed E-state index contributed by atoms with van der Waals surface area (Å²) in [4.78, 5) is 28.3. The van der Waals surface area contributed by atoms with Crippen molar-refractivity contribution in [2.24, 2.45) is 0 Å². The molecular formula is C26H35Cl2N3O5S. The Morgan fingerprint density at radius 2 is 1.68 bits per heavy atom. The van der Waals surface area contributed by atoms with Crippen molar-refractivity contribution < 1.29 is 22.7 Å². The van der Waals surface area contributed by atoms with Crippen molar-refractivity contribution in [2.75, 3.05) is 23.7 Å². The lowest BCUT2D eigenvalue weighted by atomic mass is 10.1. The topological polar surface area (TPSA) is 96.0 Å². The summed E-state index contributed by atoms with van der Waals surface area (Å²) in [6.07, 6.45) is 2.07. The minimum atomic E-state index is -3.83. The summed E-state index contributed by atoms with van der Waals surface area (Å²) in [5, 5.41) is 3.70. The largest absolute Gasteiger partial charge is 0.494 e. The number of nitrogens with zero attached hydrogens (tertiary/aromatic N) is 2. The second-order valence-corrected chi connectivity index (χ2v) is 11.4. The third-order valence-electron chi connectivity index (χ3n) is 5.86. The molecule has 0 heterocycles. The van der Waals surface area contributed by atoms with E-state index in [9.17, 15) is 18.0 Å². The maximum atomic E-state index is 13.7. The molecule has 0 unspecified atom stereocenters. The lowest BCUT2D eigenvalue weighted by molar-refractivity contribution is -0.140. The number of benzene rings is 2. The van der Waals surface area contributed by atoms with E-state index in [4.69, 9.17) is 27.9 Å². The fourth-order valence-electron chi connectivity index (χ4n) is 3.68. The van der Waals surface area contributed by atoms with Crippen molar-refractivity contribution in [1.82, 2.24) is 10.2 Å². The molecule has 0 saturated heterocycles. The van der Waals surface area contributed by atoms with Gasteiger partial charge in [0.25, 0.3) is 0 Å². The van der Waals surface area contributed by atoms with E-state index in [0.717, 1.165) is 17.0 Å². The van der Waals surface area contributed by atoms with Crippen LogP contribution in [0.1, 0.15) is 46.1 Å². The Hall–Kier alpha value is -2.49. The molecule has 0 bridgehead atoms. The fraction of sp³-hybridized carbons (Fsp3) is 0.462. The number of anilines is 1. The van der Waals surface area contributed by atoms with Crippen LogP contribution < -0.4 is 14.4 Å². The van der Waals surface area contributed by atoms with Crippen LogP contribution in [-0.2, 0) is 26.2 Å². The van der Waals surface area contributed by atoms with Crippen LogP contribution in [0.15, 0.2) is 42.5 Å². The average Bonchev–Trinajstić information content (AvgIpc) is 2.83. The van der Waals surface area contributed by atoms with Gasteiger partial charge in [0.05, 0.1) is 18.6 Å². The quantitative estimate of drug-likeness (QED) is 0.369. The molecule has 0 spiro atoms. The molecule has 0 aliphatic heterocycles. The van der Waals surface area contributed by atoms with E-state index in [-0.39, 0.29) is 18.5 Å². The predicted molar refractivity (Wildman–Crippen MR) is 149 cm³/mol. The zero-order valence-electron chi connectivity index (χ0n) is 21.8. The number of hydrogen-bond acceptors (Lipinski definition) is 5. The molecule has 8 nitrogen and oxygen atoms in total. The highest BCUT2D eigenvalue weighted by Crippen LogP contribution is 2.26. The van der Waals surface area contributed by atoms with Gasteiger partial charge in [-0.25, -0.2) is 8.42 Å². The van der Waals surface area contributed by atoms with Crippen LogP contribution >= 0.6 is 23.2 Å². The first-order valence-corrected chi connectivity index (χ1v) is 14.8. The second-order valence-electron chi connectivity index (χ2n) is 8.70. The molecule has 2 amide bonds. The molecule has 0 saturated carbocycles. The zero-order chi connectivity index (χ0) is 27.8. The molecular weight excluding hydrogens is 537 g/mol. The van der Waals surface area contributed by atoms with E-state index in [2.05, 4.69) is 5.32 Å². The molecule has 2 aromatic rings. The summed E-state index contributed by atoms with van der Waals surface area (Å²) in [7, 11) is -3.83. The van der Waals surface area contributed by atoms with Crippen LogP contribution in [0.5, 0.6) is 5.75 Å². The van der Waals surface area contributed by atoms with Gasteiger partial charge in [0, 0.05) is 22.6 Å². The Balaban J connectivity index is 2.45. The molecule has 2 aromatic carbocycles. The fourth-order valence-corrected chi connectivity index (χ4v) is 5.00. The molecule has 0 radical (unpaired) electrons. The maximum absolute atomic E-state index is 13.7. The SMILES string of the molecule is CCOc1ccc(N(CC(=O)N(Cc2ccc(Cl)cc2Cl)[C@@H](CC)C(=O)N[C@@H](C)CC)S(C)(=O)=O)cc1. The number of carbonyl (C=O) groups excluding carboxylic acids is 2. The van der Waals surface area contributed by atoms with Crippen LogP contribution in [0.4, 0.5) is 5.69 Å². The molecule has 11 heteroatoms. The van der Waals surface area contributed by atoms with Gasteiger partial charge in [0.15, 0.2) is 0 Å². The first kappa shape index (κ1) is 30.7. The van der Waals surface area contributed by atoms with Gasteiger partial charge < -0.3 is 15.0 Å². The number of ether oxygens (including phenoxy) is 1. The van der Waals surface area contributed by atoms with E-state index < -0.39 is 28.5 Å². The normalized spacial score (nSPS) is 12.9. The number of carbonyl (C=O) groups is 2. The molecule has 204 valence electrons. The van der Waals surface area contributed by atoms with Gasteiger partial charge >= 0.3 is 0 Å². The van der Waals surface area contributed by atoms with Crippen molar-refractivity contribution in [3.8, 4) is 5.75 Å². The summed E-state index contributed by atoms with van der Waals surface area (Å²) in [6.45, 7) is 7.44. The van der Waals surface area contributed by atoms with Crippen molar-refractivity contribution >= 4 is 50.7 Å². The van der Waals surface area contributed by atoms with Crippen molar-refractivity contribution in [3.63, 3.8) is 0 Å². The van der Waals surface area contributed by atoms with Crippen LogP contribution in [0, 0.1) is 0 Å². The highest BCUT2D eigenvalue weighted by atomic mass is 35.5. The highest BCUT2D eigenvalue weighted by molar-refractivity contribution is 7.92. The summed E-state index contributed by atoms with van der Waals surface area (Å²) in [6, 6.07) is 10.4. The minimum absolute atomic E-state index is 0.00213. The number of nitrogens with one attached hydrogen (secondary N) is 1. The monoisotopic (exact) mass is 571 g/mol. The number of halogens is 2. The molecule has 1 N–H and O–H groups in total. The van der Waals surface area contributed by atoms with Crippen LogP contribution in [0.2, 0.25) is 10.0 Å². The van der Waals surface area contributed by atoms with Crippen molar-refractivity contribution in [1.29, 1.82) is 0 Å². The molecule has 0 fully saturated rings. The van der Waals surface area contributed by atoms with Gasteiger partial charge in [-0.1, -0.05) is 43.1 Å². The van der Waals surface area contributed by atoms with E-state index in [1.165, 1.54) is 4.90 Å². The Kier molecular flexibility index (Phi) is 11.5. The van der Waals surface area contributed by atoms with E-state index in [1.807, 2.05) is 20.8 Å². The summed E-state index contributed by atoms with van der Waals surface area (Å²) in [5.41, 5.74) is 0.891. The number of rotatable bonds is 13. The van der Waals surface area contributed by atoms with Crippen molar-refractivity contribution in [2.45, 2.75) is 59.2 Å². The summed E-state index contributed by atoms with van der Waals surface area (Å²) in [5.74, 6) is -0.281. The standard InChI is InChI=1S/C26H35Cl2N3O5S/c1-6-18(4)29-26(33)24(7-2)30(16-19-9-10-20(27)15-23(19)28)25(32)17-31(37(5,34)35)21-11-13-22(14-12-21)36-8-3/h9-15,18,24H,6-8,16-17H2,1-5H3,(H,29,33)/t18-,24-/m0/s1. The lowest BCUT2D eigenvalue weighted by Gasteiger charge is -2.33. The van der Waals surface area contributed by atoms with Gasteiger partial charge in [0.1, 0.15) is 18.3 Å². The van der Waals surface area contributed by atoms with Gasteiger partial charge in [-0.2, -0.15) is 0 Å². The first-order chi connectivity index (χ1) is 17.4.